The molecule has 0 N–H and O–H groups in total. The van der Waals surface area contributed by atoms with Gasteiger partial charge < -0.3 is 4.90 Å². The van der Waals surface area contributed by atoms with Gasteiger partial charge in [0.25, 0.3) is 0 Å². The van der Waals surface area contributed by atoms with Crippen LogP contribution in [0.1, 0.15) is 22.3 Å². The molecule has 0 heterocycles. The highest BCUT2D eigenvalue weighted by Crippen LogP contribution is 2.57. The van der Waals surface area contributed by atoms with Crippen molar-refractivity contribution < 1.29 is 0 Å². The maximum absolute atomic E-state index is 2.50. The molecule has 1 aliphatic rings. The molecule has 0 aliphatic heterocycles. The molecule has 300 valence electrons. The van der Waals surface area contributed by atoms with Gasteiger partial charge in [-0.05, 0) is 102 Å². The molecule has 11 aromatic carbocycles. The molecule has 0 saturated heterocycles. The van der Waals surface area contributed by atoms with Gasteiger partial charge in [-0.15, -0.1) is 0 Å². The van der Waals surface area contributed by atoms with Crippen LogP contribution in [0.15, 0.2) is 261 Å². The highest BCUT2D eigenvalue weighted by molar-refractivity contribution is 6.22. The molecule has 0 amide bonds. The van der Waals surface area contributed by atoms with Gasteiger partial charge in [0.2, 0.25) is 0 Å². The van der Waals surface area contributed by atoms with Gasteiger partial charge in [0.15, 0.2) is 0 Å². The van der Waals surface area contributed by atoms with Crippen molar-refractivity contribution in [2.24, 2.45) is 0 Å². The Balaban J connectivity index is 1.12. The lowest BCUT2D eigenvalue weighted by Gasteiger charge is -2.35. The maximum atomic E-state index is 2.50. The van der Waals surface area contributed by atoms with E-state index in [1.165, 1.54) is 88.3 Å². The molecule has 1 nitrogen and oxygen atoms in total. The summed E-state index contributed by atoms with van der Waals surface area (Å²) >= 11 is 0. The Morgan fingerprint density at radius 2 is 0.609 bits per heavy atom. The van der Waals surface area contributed by atoms with Gasteiger partial charge in [-0.1, -0.05) is 237 Å². The monoisotopic (exact) mass is 813 g/mol. The molecule has 12 rings (SSSR count). The van der Waals surface area contributed by atoms with Crippen molar-refractivity contribution in [1.29, 1.82) is 0 Å². The molecule has 0 atom stereocenters. The zero-order valence-corrected chi connectivity index (χ0v) is 35.3. The van der Waals surface area contributed by atoms with Crippen molar-refractivity contribution in [3.05, 3.63) is 283 Å². The number of nitrogens with zero attached hydrogens (tertiary/aromatic N) is 1. The van der Waals surface area contributed by atoms with Crippen LogP contribution in [0.5, 0.6) is 0 Å². The Morgan fingerprint density at radius 1 is 0.250 bits per heavy atom. The van der Waals surface area contributed by atoms with Crippen molar-refractivity contribution >= 4 is 38.6 Å². The van der Waals surface area contributed by atoms with Crippen LogP contribution in [0.3, 0.4) is 0 Å². The largest absolute Gasteiger partial charge is 0.309 e. The van der Waals surface area contributed by atoms with E-state index >= 15 is 0 Å². The summed E-state index contributed by atoms with van der Waals surface area (Å²) in [5.41, 5.74) is 17.7. The highest BCUT2D eigenvalue weighted by atomic mass is 15.1. The minimum atomic E-state index is -0.490. The third kappa shape index (κ3) is 6.01. The van der Waals surface area contributed by atoms with E-state index in [4.69, 9.17) is 0 Å². The molecule has 0 aromatic heterocycles. The van der Waals surface area contributed by atoms with Crippen molar-refractivity contribution in [3.8, 4) is 44.5 Å². The third-order valence-corrected chi connectivity index (χ3v) is 13.4. The van der Waals surface area contributed by atoms with E-state index < -0.39 is 5.41 Å². The predicted octanol–water partition coefficient (Wildman–Crippen LogP) is 16.8. The fourth-order valence-corrected chi connectivity index (χ4v) is 10.5. The van der Waals surface area contributed by atoms with E-state index in [-0.39, 0.29) is 0 Å². The van der Waals surface area contributed by atoms with Gasteiger partial charge in [0.05, 0.1) is 11.1 Å². The average Bonchev–Trinajstić information content (AvgIpc) is 3.69. The molecule has 0 unspecified atom stereocenters. The van der Waals surface area contributed by atoms with Crippen LogP contribution in [0.25, 0.3) is 66.1 Å². The Hall–Kier alpha value is -8.26. The van der Waals surface area contributed by atoms with Crippen LogP contribution in [-0.4, -0.2) is 0 Å². The molecule has 64 heavy (non-hydrogen) atoms. The molecule has 0 saturated carbocycles. The number of hydrogen-bond donors (Lipinski definition) is 0. The lowest BCUT2D eigenvalue weighted by Crippen LogP contribution is -2.28. The van der Waals surface area contributed by atoms with Crippen LogP contribution in [0.2, 0.25) is 0 Å². The molecule has 1 heteroatoms. The summed E-state index contributed by atoms with van der Waals surface area (Å²) < 4.78 is 0. The summed E-state index contributed by atoms with van der Waals surface area (Å²) in [6.45, 7) is 0. The lowest BCUT2D eigenvalue weighted by molar-refractivity contribution is 0.768. The van der Waals surface area contributed by atoms with Gasteiger partial charge in [-0.2, -0.15) is 0 Å². The Labute approximate surface area is 374 Å². The SMILES string of the molecule is c1ccc(-c2ccc(-c3c(N(c4ccc(-c5ccccc5)cc4)c4ccc(C5(c6ccccc6)c6ccccc6-c6ccccc65)cc4)c4ccccc4c4ccccc34)cc2)cc1. The number of fused-ring (bicyclic) bond motifs is 6. The van der Waals surface area contributed by atoms with E-state index in [0.29, 0.717) is 0 Å². The summed E-state index contributed by atoms with van der Waals surface area (Å²) in [6.07, 6.45) is 0. The summed E-state index contributed by atoms with van der Waals surface area (Å²) in [7, 11) is 0. The first-order valence-electron chi connectivity index (χ1n) is 22.2. The molecule has 11 aromatic rings. The fraction of sp³-hybridized carbons (Fsp3) is 0.0159. The van der Waals surface area contributed by atoms with E-state index in [2.05, 4.69) is 266 Å². The first-order chi connectivity index (χ1) is 31.8. The van der Waals surface area contributed by atoms with Gasteiger partial charge in [-0.25, -0.2) is 0 Å². The molecule has 1 aliphatic carbocycles. The Bertz CT molecular complexity index is 3400. The summed E-state index contributed by atoms with van der Waals surface area (Å²) in [5.74, 6) is 0. The van der Waals surface area contributed by atoms with Crippen molar-refractivity contribution in [2.75, 3.05) is 4.90 Å². The van der Waals surface area contributed by atoms with Crippen LogP contribution >= 0.6 is 0 Å². The fourth-order valence-electron chi connectivity index (χ4n) is 10.5. The molecule has 0 bridgehead atoms. The predicted molar refractivity (Wildman–Crippen MR) is 270 cm³/mol. The van der Waals surface area contributed by atoms with Crippen molar-refractivity contribution in [2.45, 2.75) is 5.41 Å². The van der Waals surface area contributed by atoms with Crippen LogP contribution in [0.4, 0.5) is 17.1 Å². The topological polar surface area (TPSA) is 3.24 Å². The molecule has 0 radical (unpaired) electrons. The summed E-state index contributed by atoms with van der Waals surface area (Å²) in [6, 6.07) is 95.9. The van der Waals surface area contributed by atoms with Crippen molar-refractivity contribution in [3.63, 3.8) is 0 Å². The Morgan fingerprint density at radius 3 is 1.16 bits per heavy atom. The first kappa shape index (κ1) is 37.5. The van der Waals surface area contributed by atoms with Gasteiger partial charge in [0, 0.05) is 22.3 Å². The minimum Gasteiger partial charge on any atom is -0.309 e. The summed E-state index contributed by atoms with van der Waals surface area (Å²) in [5, 5.41) is 4.87. The number of benzene rings is 11. The van der Waals surface area contributed by atoms with Gasteiger partial charge in [-0.3, -0.25) is 0 Å². The molecular weight excluding hydrogens is 771 g/mol. The standard InChI is InChI=1S/C63H43N/c1-4-18-44(19-5-1)46-32-34-48(35-33-46)61-57-28-12-10-24-53(57)54-25-11-13-29-58(54)62(61)64(51-40-36-47(37-41-51)45-20-6-2-7-21-45)52-42-38-50(39-43-52)63(49-22-8-3-9-23-49)59-30-16-14-26-55(59)56-27-15-17-31-60(56)63/h1-43H. The van der Waals surface area contributed by atoms with E-state index in [1.54, 1.807) is 0 Å². The van der Waals surface area contributed by atoms with Crippen LogP contribution < -0.4 is 4.90 Å². The highest BCUT2D eigenvalue weighted by Gasteiger charge is 2.45. The van der Waals surface area contributed by atoms with Gasteiger partial charge in [0.1, 0.15) is 0 Å². The third-order valence-electron chi connectivity index (χ3n) is 13.4. The lowest BCUT2D eigenvalue weighted by atomic mass is 9.67. The zero-order valence-electron chi connectivity index (χ0n) is 35.3. The second kappa shape index (κ2) is 15.6. The normalized spacial score (nSPS) is 12.5. The molecule has 0 spiro atoms. The summed E-state index contributed by atoms with van der Waals surface area (Å²) in [4.78, 5) is 2.50. The Kier molecular flexibility index (Phi) is 9.13. The molecular formula is C63H43N. The number of rotatable bonds is 8. The van der Waals surface area contributed by atoms with Crippen LogP contribution in [-0.2, 0) is 5.41 Å². The first-order valence-corrected chi connectivity index (χ1v) is 22.2. The molecule has 0 fully saturated rings. The average molecular weight is 814 g/mol. The smallest absolute Gasteiger partial charge is 0.0713 e. The second-order valence-corrected chi connectivity index (χ2v) is 16.8. The van der Waals surface area contributed by atoms with E-state index in [0.717, 1.165) is 17.1 Å². The van der Waals surface area contributed by atoms with E-state index in [1.807, 2.05) is 0 Å². The number of anilines is 3. The quantitative estimate of drug-likeness (QED) is 0.138. The zero-order chi connectivity index (χ0) is 42.5. The maximum Gasteiger partial charge on any atom is 0.0713 e. The van der Waals surface area contributed by atoms with Crippen molar-refractivity contribution in [1.82, 2.24) is 0 Å². The van der Waals surface area contributed by atoms with Gasteiger partial charge >= 0.3 is 0 Å². The van der Waals surface area contributed by atoms with E-state index in [9.17, 15) is 0 Å². The van der Waals surface area contributed by atoms with Crippen LogP contribution in [0, 0.1) is 0 Å². The number of hydrogen-bond acceptors (Lipinski definition) is 1. The minimum absolute atomic E-state index is 0.490. The second-order valence-electron chi connectivity index (χ2n) is 16.8.